The second-order valence-corrected chi connectivity index (χ2v) is 12.1. The summed E-state index contributed by atoms with van der Waals surface area (Å²) in [4.78, 5) is 48.8. The van der Waals surface area contributed by atoms with Crippen molar-refractivity contribution in [1.29, 1.82) is 0 Å². The lowest BCUT2D eigenvalue weighted by Crippen LogP contribution is -2.62. The minimum atomic E-state index is -4.15. The van der Waals surface area contributed by atoms with E-state index in [0.717, 1.165) is 9.71 Å². The molecule has 1 aliphatic heterocycles. The third kappa shape index (κ3) is 7.67. The van der Waals surface area contributed by atoms with Gasteiger partial charge in [0, 0.05) is 86.1 Å². The van der Waals surface area contributed by atoms with Crippen molar-refractivity contribution in [3.05, 3.63) is 81.9 Å². The molecule has 1 aliphatic rings. The zero-order valence-electron chi connectivity index (χ0n) is 23.8. The Hall–Kier alpha value is -4.60. The molecule has 2 aromatic heterocycles. The smallest absolute Gasteiger partial charge is 0.257 e. The van der Waals surface area contributed by atoms with E-state index in [1.54, 1.807) is 0 Å². The van der Waals surface area contributed by atoms with Crippen LogP contribution in [0.15, 0.2) is 60.5 Å². The van der Waals surface area contributed by atoms with Gasteiger partial charge in [0.15, 0.2) is 18.2 Å². The Morgan fingerprint density at radius 3 is 2.14 bits per heavy atom. The molecular formula is C28H30ClN7O7S. The molecule has 3 aromatic rings. The molecule has 232 valence electrons. The van der Waals surface area contributed by atoms with Crippen LogP contribution < -0.4 is 15.4 Å². The van der Waals surface area contributed by atoms with Gasteiger partial charge in [-0.25, -0.2) is 18.4 Å². The summed E-state index contributed by atoms with van der Waals surface area (Å²) in [6.07, 6.45) is 5.86. The van der Waals surface area contributed by atoms with Gasteiger partial charge in [-0.2, -0.15) is 9.04 Å². The van der Waals surface area contributed by atoms with Crippen LogP contribution in [0, 0.1) is 5.21 Å². The van der Waals surface area contributed by atoms with Crippen molar-refractivity contribution in [2.75, 3.05) is 27.2 Å². The topological polar surface area (TPSA) is 189 Å². The van der Waals surface area contributed by atoms with E-state index in [2.05, 4.69) is 20.6 Å². The lowest BCUT2D eigenvalue weighted by atomic mass is 10.00. The van der Waals surface area contributed by atoms with Crippen LogP contribution in [0.3, 0.4) is 0 Å². The van der Waals surface area contributed by atoms with Crippen LogP contribution in [0.25, 0.3) is 17.5 Å². The standard InChI is InChI=1S/C28H30ClN7O7S/c1-30-25(38)12-22-16-35(44(42,43)10-7-18-3-4-21(29)11-24(18)37)17-23(13-26(39)31-2)36(22)28(40)20-14-32-27(33-15-20)19-5-8-34(41)9-6-19/h3-11,14-15,22-23,37H,12-13,16-17H2,1-2H3,(H,30,38)(H,31,39). The molecule has 3 heterocycles. The number of amides is 3. The number of pyridine rings is 1. The van der Waals surface area contributed by atoms with E-state index in [-0.39, 0.29) is 53.7 Å². The number of phenolic OH excluding ortho intramolecular Hbond substituents is 1. The molecule has 4 rings (SSSR count). The normalized spacial score (nSPS) is 17.4. The molecule has 0 bridgehead atoms. The number of sulfonamides is 1. The highest BCUT2D eigenvalue weighted by Gasteiger charge is 2.42. The summed E-state index contributed by atoms with van der Waals surface area (Å²) in [6, 6.07) is 5.34. The minimum absolute atomic E-state index is 0.0572. The van der Waals surface area contributed by atoms with E-state index in [0.29, 0.717) is 10.3 Å². The number of aromatic hydroxyl groups is 1. The van der Waals surface area contributed by atoms with Crippen LogP contribution in [-0.4, -0.2) is 89.7 Å². The first-order valence-electron chi connectivity index (χ1n) is 13.3. The van der Waals surface area contributed by atoms with Crippen LogP contribution in [0.4, 0.5) is 0 Å². The predicted octanol–water partition coefficient (Wildman–Crippen LogP) is 0.904. The Kier molecular flexibility index (Phi) is 10.1. The fourth-order valence-electron chi connectivity index (χ4n) is 4.72. The second kappa shape index (κ2) is 13.8. The van der Waals surface area contributed by atoms with Gasteiger partial charge in [0.1, 0.15) is 5.75 Å². The Labute approximate surface area is 258 Å². The predicted molar refractivity (Wildman–Crippen MR) is 160 cm³/mol. The maximum Gasteiger partial charge on any atom is 0.257 e. The fraction of sp³-hybridized carbons (Fsp3) is 0.286. The van der Waals surface area contributed by atoms with Crippen LogP contribution in [-0.2, 0) is 19.6 Å². The molecular weight excluding hydrogens is 614 g/mol. The molecule has 14 nitrogen and oxygen atoms in total. The first kappa shape index (κ1) is 32.3. The average Bonchev–Trinajstić information content (AvgIpc) is 3.00. The summed E-state index contributed by atoms with van der Waals surface area (Å²) in [5.41, 5.74) is 0.813. The number of phenols is 1. The Morgan fingerprint density at radius 2 is 1.61 bits per heavy atom. The summed E-state index contributed by atoms with van der Waals surface area (Å²) in [7, 11) is -1.32. The van der Waals surface area contributed by atoms with Gasteiger partial charge in [0.25, 0.3) is 5.91 Å². The van der Waals surface area contributed by atoms with E-state index in [1.165, 1.54) is 80.2 Å². The Bertz CT molecular complexity index is 1640. The molecule has 16 heteroatoms. The zero-order chi connectivity index (χ0) is 32.0. The molecule has 1 aromatic carbocycles. The van der Waals surface area contributed by atoms with Gasteiger partial charge in [-0.3, -0.25) is 14.4 Å². The van der Waals surface area contributed by atoms with Gasteiger partial charge < -0.3 is 25.8 Å². The molecule has 2 unspecified atom stereocenters. The van der Waals surface area contributed by atoms with E-state index >= 15 is 0 Å². The fourth-order valence-corrected chi connectivity index (χ4v) is 6.13. The van der Waals surface area contributed by atoms with E-state index < -0.39 is 39.8 Å². The number of aromatic nitrogens is 3. The third-order valence-electron chi connectivity index (χ3n) is 6.98. The number of carbonyl (C=O) groups excluding carboxylic acids is 3. The van der Waals surface area contributed by atoms with Crippen LogP contribution in [0.5, 0.6) is 5.75 Å². The largest absolute Gasteiger partial charge is 0.619 e. The quantitative estimate of drug-likeness (QED) is 0.225. The van der Waals surface area contributed by atoms with Crippen molar-refractivity contribution in [2.24, 2.45) is 0 Å². The molecule has 0 spiro atoms. The zero-order valence-corrected chi connectivity index (χ0v) is 25.3. The van der Waals surface area contributed by atoms with Crippen LogP contribution in [0.2, 0.25) is 5.02 Å². The van der Waals surface area contributed by atoms with E-state index in [9.17, 15) is 33.1 Å². The highest BCUT2D eigenvalue weighted by Crippen LogP contribution is 2.28. The lowest BCUT2D eigenvalue weighted by Gasteiger charge is -2.45. The van der Waals surface area contributed by atoms with Crippen molar-refractivity contribution in [2.45, 2.75) is 24.9 Å². The van der Waals surface area contributed by atoms with Gasteiger partial charge >= 0.3 is 0 Å². The molecule has 3 N–H and O–H groups in total. The molecule has 1 saturated heterocycles. The lowest BCUT2D eigenvalue weighted by molar-refractivity contribution is -0.605. The summed E-state index contributed by atoms with van der Waals surface area (Å²) in [5.74, 6) is -1.44. The molecule has 44 heavy (non-hydrogen) atoms. The number of nitrogens with one attached hydrogen (secondary N) is 2. The number of piperazine rings is 1. The van der Waals surface area contributed by atoms with E-state index in [4.69, 9.17) is 11.6 Å². The molecule has 0 aliphatic carbocycles. The second-order valence-electron chi connectivity index (χ2n) is 9.88. The molecule has 0 saturated carbocycles. The number of hydrogen-bond donors (Lipinski definition) is 3. The van der Waals surface area contributed by atoms with Crippen molar-refractivity contribution in [3.63, 3.8) is 0 Å². The highest BCUT2D eigenvalue weighted by molar-refractivity contribution is 7.92. The molecule has 3 amide bonds. The number of nitrogens with zero attached hydrogens (tertiary/aromatic N) is 5. The summed E-state index contributed by atoms with van der Waals surface area (Å²) >= 11 is 5.87. The Morgan fingerprint density at radius 1 is 1.05 bits per heavy atom. The van der Waals surface area contributed by atoms with Gasteiger partial charge in [0.2, 0.25) is 21.8 Å². The van der Waals surface area contributed by atoms with Crippen molar-refractivity contribution in [1.82, 2.24) is 29.8 Å². The van der Waals surface area contributed by atoms with Crippen molar-refractivity contribution >= 4 is 45.4 Å². The van der Waals surface area contributed by atoms with Crippen LogP contribution >= 0.6 is 11.6 Å². The maximum atomic E-state index is 13.9. The van der Waals surface area contributed by atoms with Crippen molar-refractivity contribution in [3.8, 4) is 17.1 Å². The van der Waals surface area contributed by atoms with Gasteiger partial charge in [0.05, 0.1) is 17.6 Å². The first-order valence-corrected chi connectivity index (χ1v) is 15.2. The molecule has 2 atom stereocenters. The average molecular weight is 644 g/mol. The number of halogens is 1. The maximum absolute atomic E-state index is 13.9. The minimum Gasteiger partial charge on any atom is -0.619 e. The summed E-state index contributed by atoms with van der Waals surface area (Å²) in [6.45, 7) is -0.498. The summed E-state index contributed by atoms with van der Waals surface area (Å²) in [5, 5.41) is 27.6. The number of carbonyl (C=O) groups is 3. The number of hydrogen-bond acceptors (Lipinski definition) is 9. The monoisotopic (exact) mass is 643 g/mol. The van der Waals surface area contributed by atoms with Crippen LogP contribution in [0.1, 0.15) is 28.8 Å². The molecule has 0 radical (unpaired) electrons. The summed E-state index contributed by atoms with van der Waals surface area (Å²) < 4.78 is 28.6. The number of benzene rings is 1. The van der Waals surface area contributed by atoms with Gasteiger partial charge in [-0.05, 0) is 24.3 Å². The van der Waals surface area contributed by atoms with E-state index in [1.807, 2.05) is 0 Å². The van der Waals surface area contributed by atoms with Gasteiger partial charge in [-0.1, -0.05) is 11.6 Å². The highest BCUT2D eigenvalue weighted by atomic mass is 35.5. The first-order chi connectivity index (χ1) is 20.9. The van der Waals surface area contributed by atoms with Crippen molar-refractivity contribution < 1.29 is 32.6 Å². The van der Waals surface area contributed by atoms with Gasteiger partial charge in [-0.15, -0.1) is 0 Å². The SMILES string of the molecule is CNC(=O)CC1CN(S(=O)(=O)C=Cc2ccc(Cl)cc2O)CC(CC(=O)NC)N1C(=O)c1cnc(-c2cc[n+]([O-])cc2)nc1. The Balaban J connectivity index is 1.67. The molecule has 1 fully saturated rings. The number of rotatable bonds is 9. The third-order valence-corrected chi connectivity index (χ3v) is 8.71.